The van der Waals surface area contributed by atoms with E-state index in [1.807, 2.05) is 6.92 Å². The van der Waals surface area contributed by atoms with Crippen molar-refractivity contribution in [2.24, 2.45) is 11.8 Å². The van der Waals surface area contributed by atoms with E-state index in [4.69, 9.17) is 10.9 Å². The van der Waals surface area contributed by atoms with Gasteiger partial charge in [-0.15, -0.1) is 0 Å². The fourth-order valence-electron chi connectivity index (χ4n) is 1.54. The Bertz CT molecular complexity index is 241. The van der Waals surface area contributed by atoms with E-state index >= 15 is 0 Å². The van der Waals surface area contributed by atoms with Crippen LogP contribution in [-0.2, 0) is 9.59 Å². The number of hydrazine groups is 1. The molecule has 0 radical (unpaired) electrons. The Morgan fingerprint density at radius 3 is 2.25 bits per heavy atom. The van der Waals surface area contributed by atoms with Crippen LogP contribution in [0.4, 0.5) is 0 Å². The molecule has 1 atom stereocenters. The first-order valence-corrected chi connectivity index (χ1v) is 5.71. The largest absolute Gasteiger partial charge is 0.480 e. The number of amides is 1. The second kappa shape index (κ2) is 7.22. The monoisotopic (exact) mass is 230 g/mol. The minimum Gasteiger partial charge on any atom is -0.480 e. The van der Waals surface area contributed by atoms with E-state index in [1.165, 1.54) is 0 Å². The predicted molar refractivity (Wildman–Crippen MR) is 61.4 cm³/mol. The Kier molecular flexibility index (Phi) is 6.72. The predicted octanol–water partition coefficient (Wildman–Crippen LogP) is 1.38. The van der Waals surface area contributed by atoms with E-state index in [-0.39, 0.29) is 11.8 Å². The number of nitrogens with two attached hydrogens (primary N) is 1. The first-order chi connectivity index (χ1) is 7.41. The molecule has 94 valence electrons. The fourth-order valence-corrected chi connectivity index (χ4v) is 1.54. The molecular weight excluding hydrogens is 208 g/mol. The molecule has 0 spiro atoms. The Balaban J connectivity index is 4.32. The van der Waals surface area contributed by atoms with Crippen molar-refractivity contribution in [3.8, 4) is 0 Å². The lowest BCUT2D eigenvalue weighted by molar-refractivity contribution is -0.152. The molecule has 0 aromatic carbocycles. The smallest absolute Gasteiger partial charge is 0.328 e. The third-order valence-corrected chi connectivity index (χ3v) is 2.47. The van der Waals surface area contributed by atoms with Crippen LogP contribution in [0, 0.1) is 5.92 Å². The van der Waals surface area contributed by atoms with Crippen molar-refractivity contribution in [2.75, 3.05) is 0 Å². The first-order valence-electron chi connectivity index (χ1n) is 5.71. The molecule has 5 nitrogen and oxygen atoms in total. The first kappa shape index (κ1) is 14.9. The average molecular weight is 230 g/mol. The molecule has 0 fully saturated rings. The summed E-state index contributed by atoms with van der Waals surface area (Å²) in [7, 11) is 0. The Hall–Kier alpha value is -1.10. The van der Waals surface area contributed by atoms with Crippen LogP contribution in [0.3, 0.4) is 0 Å². The molecule has 0 rings (SSSR count). The van der Waals surface area contributed by atoms with Crippen molar-refractivity contribution >= 4 is 11.9 Å². The maximum atomic E-state index is 11.6. The molecule has 0 heterocycles. The zero-order chi connectivity index (χ0) is 12.7. The number of nitrogens with zero attached hydrogens (tertiary/aromatic N) is 1. The summed E-state index contributed by atoms with van der Waals surface area (Å²) in [4.78, 5) is 22.5. The van der Waals surface area contributed by atoms with Crippen molar-refractivity contribution in [2.45, 2.75) is 52.5 Å². The minimum atomic E-state index is -1.05. The van der Waals surface area contributed by atoms with E-state index < -0.39 is 12.0 Å². The molecular formula is C11H22N2O3. The van der Waals surface area contributed by atoms with Crippen molar-refractivity contribution in [3.05, 3.63) is 0 Å². The van der Waals surface area contributed by atoms with Gasteiger partial charge in [-0.05, 0) is 12.3 Å². The van der Waals surface area contributed by atoms with Crippen molar-refractivity contribution in [1.29, 1.82) is 0 Å². The summed E-state index contributed by atoms with van der Waals surface area (Å²) in [6.07, 6.45) is 3.05. The summed E-state index contributed by atoms with van der Waals surface area (Å²) < 4.78 is 0. The number of carbonyl (C=O) groups excluding carboxylic acids is 1. The average Bonchev–Trinajstić information content (AvgIpc) is 2.16. The highest BCUT2D eigenvalue weighted by atomic mass is 16.4. The molecule has 1 amide bonds. The number of rotatable bonds is 7. The van der Waals surface area contributed by atoms with Gasteiger partial charge in [0.2, 0.25) is 5.91 Å². The van der Waals surface area contributed by atoms with Crippen LogP contribution in [-0.4, -0.2) is 28.0 Å². The highest BCUT2D eigenvalue weighted by Crippen LogP contribution is 2.10. The SMILES string of the molecule is CCCCCC(=O)N(N)C(C(=O)O)C(C)C. The Labute approximate surface area is 96.6 Å². The van der Waals surface area contributed by atoms with E-state index in [2.05, 4.69) is 0 Å². The van der Waals surface area contributed by atoms with Gasteiger partial charge in [0.1, 0.15) is 6.04 Å². The van der Waals surface area contributed by atoms with E-state index in [0.29, 0.717) is 6.42 Å². The zero-order valence-electron chi connectivity index (χ0n) is 10.3. The number of carbonyl (C=O) groups is 2. The van der Waals surface area contributed by atoms with Crippen molar-refractivity contribution < 1.29 is 14.7 Å². The molecule has 0 bridgehead atoms. The molecule has 16 heavy (non-hydrogen) atoms. The number of unbranched alkanes of at least 4 members (excludes halogenated alkanes) is 2. The third-order valence-electron chi connectivity index (χ3n) is 2.47. The van der Waals surface area contributed by atoms with E-state index in [9.17, 15) is 9.59 Å². The summed E-state index contributed by atoms with van der Waals surface area (Å²) >= 11 is 0. The van der Waals surface area contributed by atoms with Gasteiger partial charge in [-0.3, -0.25) is 9.80 Å². The van der Waals surface area contributed by atoms with Crippen LogP contribution in [0.25, 0.3) is 0 Å². The van der Waals surface area contributed by atoms with Gasteiger partial charge in [0.05, 0.1) is 0 Å². The van der Waals surface area contributed by atoms with Crippen LogP contribution in [0.1, 0.15) is 46.5 Å². The lowest BCUT2D eigenvalue weighted by Crippen LogP contribution is -2.52. The fraction of sp³-hybridized carbons (Fsp3) is 0.818. The maximum Gasteiger partial charge on any atom is 0.328 e. The standard InChI is InChI=1S/C11H22N2O3/c1-4-5-6-7-9(14)13(12)10(8(2)3)11(15)16/h8,10H,4-7,12H2,1-3H3,(H,15,16). The van der Waals surface area contributed by atoms with Gasteiger partial charge in [-0.1, -0.05) is 33.6 Å². The third kappa shape index (κ3) is 4.61. The number of carboxylic acids is 1. The Morgan fingerprint density at radius 1 is 1.31 bits per heavy atom. The maximum absolute atomic E-state index is 11.6. The molecule has 0 aromatic heterocycles. The molecule has 3 N–H and O–H groups in total. The number of hydrogen-bond donors (Lipinski definition) is 2. The number of hydrogen-bond acceptors (Lipinski definition) is 3. The molecule has 0 aliphatic carbocycles. The second-order valence-corrected chi connectivity index (χ2v) is 4.29. The van der Waals surface area contributed by atoms with Gasteiger partial charge in [0.25, 0.3) is 0 Å². The number of aliphatic carboxylic acids is 1. The normalized spacial score (nSPS) is 12.6. The van der Waals surface area contributed by atoms with Crippen molar-refractivity contribution in [1.82, 2.24) is 5.01 Å². The highest BCUT2D eigenvalue weighted by Gasteiger charge is 2.29. The minimum absolute atomic E-state index is 0.197. The van der Waals surface area contributed by atoms with Crippen LogP contribution < -0.4 is 5.84 Å². The number of carboxylic acid groups (broad SMARTS) is 1. The summed E-state index contributed by atoms with van der Waals surface area (Å²) in [6, 6.07) is -0.936. The van der Waals surface area contributed by atoms with Gasteiger partial charge in [-0.25, -0.2) is 10.6 Å². The summed E-state index contributed by atoms with van der Waals surface area (Å²) in [6.45, 7) is 5.51. The molecule has 0 saturated carbocycles. The van der Waals surface area contributed by atoms with Crippen LogP contribution in [0.5, 0.6) is 0 Å². The summed E-state index contributed by atoms with van der Waals surface area (Å²) in [5, 5.41) is 9.82. The van der Waals surface area contributed by atoms with Crippen molar-refractivity contribution in [3.63, 3.8) is 0 Å². The molecule has 0 aliphatic rings. The van der Waals surface area contributed by atoms with Crippen LogP contribution in [0.15, 0.2) is 0 Å². The van der Waals surface area contributed by atoms with Gasteiger partial charge >= 0.3 is 5.97 Å². The molecule has 0 saturated heterocycles. The van der Waals surface area contributed by atoms with Gasteiger partial charge < -0.3 is 5.11 Å². The van der Waals surface area contributed by atoms with Gasteiger partial charge in [0, 0.05) is 6.42 Å². The summed E-state index contributed by atoms with van der Waals surface area (Å²) in [5.74, 6) is 4.00. The second-order valence-electron chi connectivity index (χ2n) is 4.29. The van der Waals surface area contributed by atoms with Gasteiger partial charge in [0.15, 0.2) is 0 Å². The molecule has 5 heteroatoms. The topological polar surface area (TPSA) is 83.6 Å². The molecule has 1 unspecified atom stereocenters. The summed E-state index contributed by atoms with van der Waals surface area (Å²) in [5.41, 5.74) is 0. The highest BCUT2D eigenvalue weighted by molar-refractivity contribution is 5.83. The Morgan fingerprint density at radius 2 is 1.88 bits per heavy atom. The van der Waals surface area contributed by atoms with Crippen LogP contribution in [0.2, 0.25) is 0 Å². The van der Waals surface area contributed by atoms with E-state index in [1.54, 1.807) is 13.8 Å². The van der Waals surface area contributed by atoms with Gasteiger partial charge in [-0.2, -0.15) is 0 Å². The quantitative estimate of drug-likeness (QED) is 0.299. The lowest BCUT2D eigenvalue weighted by atomic mass is 10.0. The zero-order valence-corrected chi connectivity index (χ0v) is 10.3. The lowest BCUT2D eigenvalue weighted by Gasteiger charge is -2.26. The van der Waals surface area contributed by atoms with E-state index in [0.717, 1.165) is 24.3 Å². The molecule has 0 aromatic rings. The molecule has 0 aliphatic heterocycles. The van der Waals surface area contributed by atoms with Crippen LogP contribution >= 0.6 is 0 Å².